The minimum Gasteiger partial charge on any atom is -0.355 e. The SMILES string of the molecule is C1=CC2NC3/C=C4\C(=Nc5ccccc54)/C=c4\c([nH]c5ccccc45)=C/C3C2CC1. The molecule has 3 heteroatoms. The number of aromatic amines is 1. The standard InChI is InChI=1S/C27H23N3/c1-4-10-22-16(7-1)19-13-26-21(18-9-3-5-11-23(18)29-26)15-27-20(14-25(19)28-22)17-8-2-6-12-24(17)30-27/h1-2,4-8,10-15,18,21,23,26,29-30H,3,9H2/b19-13-,20-14-,27-15+. The number of H-pyrrole nitrogens is 1. The number of nitrogens with zero attached hydrogens (tertiary/aromatic N) is 1. The van der Waals surface area contributed by atoms with Gasteiger partial charge in [-0.2, -0.15) is 0 Å². The van der Waals surface area contributed by atoms with Gasteiger partial charge in [-0.3, -0.25) is 0 Å². The van der Waals surface area contributed by atoms with Crippen LogP contribution in [-0.2, 0) is 0 Å². The van der Waals surface area contributed by atoms with Gasteiger partial charge in [0.05, 0.1) is 11.4 Å². The quantitative estimate of drug-likeness (QED) is 0.564. The summed E-state index contributed by atoms with van der Waals surface area (Å²) in [4.78, 5) is 8.74. The van der Waals surface area contributed by atoms with E-state index in [0.717, 1.165) is 11.4 Å². The number of nitrogens with one attached hydrogen (secondary N) is 2. The topological polar surface area (TPSA) is 40.2 Å². The molecule has 2 aromatic carbocycles. The second-order valence-electron chi connectivity index (χ2n) is 8.87. The van der Waals surface area contributed by atoms with Gasteiger partial charge < -0.3 is 10.3 Å². The van der Waals surface area contributed by atoms with E-state index in [1.807, 2.05) is 0 Å². The van der Waals surface area contributed by atoms with E-state index in [1.165, 1.54) is 45.4 Å². The highest BCUT2D eigenvalue weighted by Crippen LogP contribution is 2.40. The van der Waals surface area contributed by atoms with Crippen molar-refractivity contribution in [3.63, 3.8) is 0 Å². The summed E-state index contributed by atoms with van der Waals surface area (Å²) in [7, 11) is 0. The van der Waals surface area contributed by atoms with E-state index in [1.54, 1.807) is 0 Å². The van der Waals surface area contributed by atoms with Crippen molar-refractivity contribution in [2.75, 3.05) is 0 Å². The highest BCUT2D eigenvalue weighted by Gasteiger charge is 2.41. The average Bonchev–Trinajstić information content (AvgIpc) is 3.42. The van der Waals surface area contributed by atoms with Gasteiger partial charge in [0.25, 0.3) is 0 Å². The Morgan fingerprint density at radius 2 is 1.83 bits per heavy atom. The Hall–Kier alpha value is -3.17. The average molecular weight is 390 g/mol. The van der Waals surface area contributed by atoms with Gasteiger partial charge >= 0.3 is 0 Å². The lowest BCUT2D eigenvalue weighted by Crippen LogP contribution is -2.30. The summed E-state index contributed by atoms with van der Waals surface area (Å²) in [5, 5.41) is 7.69. The summed E-state index contributed by atoms with van der Waals surface area (Å²) in [5.41, 5.74) is 5.86. The first-order chi connectivity index (χ1) is 14.8. The van der Waals surface area contributed by atoms with Gasteiger partial charge in [0.1, 0.15) is 0 Å². The maximum atomic E-state index is 5.03. The van der Waals surface area contributed by atoms with Crippen LogP contribution in [0, 0.1) is 11.8 Å². The molecular formula is C27H23N3. The van der Waals surface area contributed by atoms with Crippen LogP contribution in [0.15, 0.2) is 71.8 Å². The van der Waals surface area contributed by atoms with Gasteiger partial charge in [-0.25, -0.2) is 4.99 Å². The van der Waals surface area contributed by atoms with Gasteiger partial charge in [0.15, 0.2) is 0 Å². The van der Waals surface area contributed by atoms with Crippen LogP contribution in [-0.4, -0.2) is 22.8 Å². The summed E-state index contributed by atoms with van der Waals surface area (Å²) >= 11 is 0. The van der Waals surface area contributed by atoms with Crippen molar-refractivity contribution in [3.05, 3.63) is 82.9 Å². The molecule has 4 unspecified atom stereocenters. The Morgan fingerprint density at radius 3 is 2.83 bits per heavy atom. The van der Waals surface area contributed by atoms with Crippen LogP contribution in [0.4, 0.5) is 5.69 Å². The summed E-state index contributed by atoms with van der Waals surface area (Å²) in [6.45, 7) is 0. The number of allylic oxidation sites excluding steroid dienone is 2. The Kier molecular flexibility index (Phi) is 3.41. The third-order valence-corrected chi connectivity index (χ3v) is 7.24. The summed E-state index contributed by atoms with van der Waals surface area (Å²) < 4.78 is 0. The molecule has 3 nitrogen and oxygen atoms in total. The Balaban J connectivity index is 1.55. The molecule has 146 valence electrons. The molecule has 0 radical (unpaired) electrons. The van der Waals surface area contributed by atoms with Crippen LogP contribution in [0.25, 0.3) is 28.6 Å². The highest BCUT2D eigenvalue weighted by molar-refractivity contribution is 6.41. The molecule has 0 saturated carbocycles. The first kappa shape index (κ1) is 16.6. The predicted molar refractivity (Wildman–Crippen MR) is 124 cm³/mol. The van der Waals surface area contributed by atoms with Crippen LogP contribution in [0.2, 0.25) is 0 Å². The Bertz CT molecular complexity index is 1400. The lowest BCUT2D eigenvalue weighted by Gasteiger charge is -2.23. The maximum Gasteiger partial charge on any atom is 0.0720 e. The number of benzene rings is 2. The molecule has 4 atom stereocenters. The molecule has 4 aliphatic rings. The molecule has 2 aliphatic carbocycles. The number of rotatable bonds is 0. The van der Waals surface area contributed by atoms with Gasteiger partial charge in [0.2, 0.25) is 0 Å². The number of aliphatic imine (C=N–C) groups is 1. The molecule has 2 aliphatic heterocycles. The molecule has 0 bridgehead atoms. The minimum absolute atomic E-state index is 0.305. The van der Waals surface area contributed by atoms with Crippen molar-refractivity contribution in [1.29, 1.82) is 0 Å². The van der Waals surface area contributed by atoms with E-state index in [0.29, 0.717) is 23.9 Å². The lowest BCUT2D eigenvalue weighted by molar-refractivity contribution is 0.412. The van der Waals surface area contributed by atoms with E-state index in [4.69, 9.17) is 4.99 Å². The van der Waals surface area contributed by atoms with E-state index >= 15 is 0 Å². The van der Waals surface area contributed by atoms with E-state index in [9.17, 15) is 0 Å². The first-order valence-electron chi connectivity index (χ1n) is 11.0. The molecule has 1 fully saturated rings. The third-order valence-electron chi connectivity index (χ3n) is 7.24. The summed E-state index contributed by atoms with van der Waals surface area (Å²) in [5.74, 6) is 1.09. The van der Waals surface area contributed by atoms with Gasteiger partial charge in [-0.15, -0.1) is 0 Å². The van der Waals surface area contributed by atoms with Crippen LogP contribution >= 0.6 is 0 Å². The first-order valence-corrected chi connectivity index (χ1v) is 11.0. The van der Waals surface area contributed by atoms with Gasteiger partial charge in [0, 0.05) is 50.6 Å². The van der Waals surface area contributed by atoms with E-state index in [2.05, 4.69) is 89.2 Å². The molecule has 0 spiro atoms. The number of para-hydroxylation sites is 2. The van der Waals surface area contributed by atoms with Crippen molar-refractivity contribution >= 4 is 40.0 Å². The zero-order chi connectivity index (χ0) is 19.7. The normalized spacial score (nSPS) is 32.4. The molecule has 30 heavy (non-hydrogen) atoms. The van der Waals surface area contributed by atoms with Crippen LogP contribution in [0.1, 0.15) is 18.4 Å². The van der Waals surface area contributed by atoms with Crippen LogP contribution in [0.5, 0.6) is 0 Å². The van der Waals surface area contributed by atoms with Crippen molar-refractivity contribution in [2.45, 2.75) is 24.9 Å². The van der Waals surface area contributed by atoms with Crippen molar-refractivity contribution in [2.24, 2.45) is 16.8 Å². The minimum atomic E-state index is 0.305. The predicted octanol–water partition coefficient (Wildman–Crippen LogP) is 3.84. The Labute approximate surface area is 175 Å². The van der Waals surface area contributed by atoms with Crippen molar-refractivity contribution in [3.8, 4) is 0 Å². The second-order valence-corrected chi connectivity index (χ2v) is 8.87. The zero-order valence-corrected chi connectivity index (χ0v) is 16.7. The fourth-order valence-corrected chi connectivity index (χ4v) is 5.84. The molecule has 1 aromatic heterocycles. The lowest BCUT2D eigenvalue weighted by atomic mass is 9.80. The summed E-state index contributed by atoms with van der Waals surface area (Å²) in [6, 6.07) is 17.9. The Morgan fingerprint density at radius 1 is 0.933 bits per heavy atom. The monoisotopic (exact) mass is 389 g/mol. The number of fused-ring (bicyclic) bond motifs is 9. The highest BCUT2D eigenvalue weighted by atomic mass is 15.0. The molecular weight excluding hydrogens is 366 g/mol. The molecule has 2 N–H and O–H groups in total. The maximum absolute atomic E-state index is 5.03. The smallest absolute Gasteiger partial charge is 0.0720 e. The molecule has 3 heterocycles. The molecule has 3 aromatic rings. The molecule has 0 amide bonds. The zero-order valence-electron chi connectivity index (χ0n) is 16.7. The molecule has 1 saturated heterocycles. The van der Waals surface area contributed by atoms with E-state index in [-0.39, 0.29) is 0 Å². The fourth-order valence-electron chi connectivity index (χ4n) is 5.84. The van der Waals surface area contributed by atoms with Crippen LogP contribution in [0.3, 0.4) is 0 Å². The van der Waals surface area contributed by atoms with Gasteiger partial charge in [-0.05, 0) is 37.0 Å². The van der Waals surface area contributed by atoms with Gasteiger partial charge in [-0.1, -0.05) is 60.7 Å². The van der Waals surface area contributed by atoms with Crippen LogP contribution < -0.4 is 15.9 Å². The third kappa shape index (κ3) is 2.33. The fraction of sp³-hybridized carbons (Fsp3) is 0.222. The molecule has 7 rings (SSSR count). The van der Waals surface area contributed by atoms with E-state index < -0.39 is 0 Å². The largest absolute Gasteiger partial charge is 0.355 e. The summed E-state index contributed by atoms with van der Waals surface area (Å²) in [6.07, 6.45) is 14.4. The number of hydrogen-bond donors (Lipinski definition) is 2. The van der Waals surface area contributed by atoms with Crippen molar-refractivity contribution in [1.82, 2.24) is 10.3 Å². The number of aromatic nitrogens is 1. The number of hydrogen-bond acceptors (Lipinski definition) is 2. The van der Waals surface area contributed by atoms with Crippen molar-refractivity contribution < 1.29 is 0 Å². The second kappa shape index (κ2) is 6.16.